The summed E-state index contributed by atoms with van der Waals surface area (Å²) in [6, 6.07) is 11.6. The highest BCUT2D eigenvalue weighted by atomic mass is 32.2. The Hall–Kier alpha value is -2.95. The van der Waals surface area contributed by atoms with Crippen molar-refractivity contribution in [2.75, 3.05) is 44.6 Å². The normalized spacial score (nSPS) is 20.6. The van der Waals surface area contributed by atoms with Crippen molar-refractivity contribution < 1.29 is 22.7 Å². The van der Waals surface area contributed by atoms with Crippen molar-refractivity contribution in [2.24, 2.45) is 5.92 Å². The van der Waals surface area contributed by atoms with Gasteiger partial charge in [0.05, 0.1) is 16.5 Å². The predicted molar refractivity (Wildman–Crippen MR) is 135 cm³/mol. The fourth-order valence-corrected chi connectivity index (χ4v) is 6.98. The fourth-order valence-electron chi connectivity index (χ4n) is 5.23. The number of amides is 2. The molecule has 9 nitrogen and oxygen atoms in total. The molecule has 0 bridgehead atoms. The van der Waals surface area contributed by atoms with Crippen LogP contribution in [0.1, 0.15) is 29.5 Å². The van der Waals surface area contributed by atoms with Crippen LogP contribution in [0.3, 0.4) is 0 Å². The van der Waals surface area contributed by atoms with Gasteiger partial charge in [-0.25, -0.2) is 8.42 Å². The maximum Gasteiger partial charge on any atom is 0.262 e. The Bertz CT molecular complexity index is 1280. The van der Waals surface area contributed by atoms with E-state index in [1.54, 1.807) is 13.0 Å². The number of ether oxygens (including phenoxy) is 1. The van der Waals surface area contributed by atoms with Crippen LogP contribution in [0.15, 0.2) is 41.3 Å². The van der Waals surface area contributed by atoms with Crippen molar-refractivity contribution in [1.82, 2.24) is 14.5 Å². The van der Waals surface area contributed by atoms with Crippen molar-refractivity contribution in [3.63, 3.8) is 0 Å². The smallest absolute Gasteiger partial charge is 0.262 e. The number of hydrogen-bond donors (Lipinski definition) is 2. The van der Waals surface area contributed by atoms with E-state index in [0.29, 0.717) is 42.9 Å². The zero-order valence-electron chi connectivity index (χ0n) is 20.5. The third-order valence-electron chi connectivity index (χ3n) is 7.22. The molecule has 1 fully saturated rings. The molecule has 1 saturated heterocycles. The Kier molecular flexibility index (Phi) is 7.00. The van der Waals surface area contributed by atoms with E-state index in [4.69, 9.17) is 4.74 Å². The topological polar surface area (TPSA) is 108 Å². The van der Waals surface area contributed by atoms with Gasteiger partial charge in [0.2, 0.25) is 15.9 Å². The number of rotatable bonds is 6. The molecule has 10 heteroatoms. The zero-order chi connectivity index (χ0) is 25.3. The minimum Gasteiger partial charge on any atom is -0.482 e. The van der Waals surface area contributed by atoms with Gasteiger partial charge in [-0.2, -0.15) is 4.31 Å². The summed E-state index contributed by atoms with van der Waals surface area (Å²) in [4.78, 5) is 27.0. The maximum atomic E-state index is 13.5. The molecule has 36 heavy (non-hydrogen) atoms. The van der Waals surface area contributed by atoms with E-state index in [-0.39, 0.29) is 35.8 Å². The van der Waals surface area contributed by atoms with Crippen molar-refractivity contribution in [3.8, 4) is 5.75 Å². The summed E-state index contributed by atoms with van der Waals surface area (Å²) in [5.41, 5.74) is 3.73. The predicted octanol–water partition coefficient (Wildman–Crippen LogP) is 1.90. The molecule has 2 aromatic carbocycles. The Balaban J connectivity index is 1.18. The van der Waals surface area contributed by atoms with Gasteiger partial charge in [0, 0.05) is 45.3 Å². The number of carbonyl (C=O) groups is 2. The molecule has 3 aliphatic heterocycles. The van der Waals surface area contributed by atoms with E-state index in [1.165, 1.54) is 21.5 Å². The van der Waals surface area contributed by atoms with Crippen molar-refractivity contribution >= 4 is 27.5 Å². The first kappa shape index (κ1) is 24.7. The van der Waals surface area contributed by atoms with Gasteiger partial charge in [0.1, 0.15) is 5.75 Å². The number of aryl methyl sites for hydroxylation is 1. The fraction of sp³-hybridized carbons (Fsp3) is 0.462. The summed E-state index contributed by atoms with van der Waals surface area (Å²) >= 11 is 0. The zero-order valence-corrected chi connectivity index (χ0v) is 21.3. The Morgan fingerprint density at radius 2 is 2.00 bits per heavy atom. The van der Waals surface area contributed by atoms with Gasteiger partial charge in [0.25, 0.3) is 5.91 Å². The van der Waals surface area contributed by atoms with Gasteiger partial charge >= 0.3 is 0 Å². The number of nitrogens with one attached hydrogen (secondary N) is 2. The number of benzene rings is 2. The summed E-state index contributed by atoms with van der Waals surface area (Å²) in [6.45, 7) is 5.22. The molecular formula is C26H32N4O5S. The first-order valence-corrected chi connectivity index (χ1v) is 13.9. The molecular weight excluding hydrogens is 480 g/mol. The monoisotopic (exact) mass is 512 g/mol. The summed E-state index contributed by atoms with van der Waals surface area (Å²) in [7, 11) is -3.82. The van der Waals surface area contributed by atoms with E-state index >= 15 is 0 Å². The highest BCUT2D eigenvalue weighted by Crippen LogP contribution is 2.35. The van der Waals surface area contributed by atoms with E-state index in [1.807, 2.05) is 0 Å². The van der Waals surface area contributed by atoms with Crippen LogP contribution in [0, 0.1) is 12.8 Å². The maximum absolute atomic E-state index is 13.5. The standard InChI is InChI=1S/C26H32N4O5S/c1-18-13-22-23(35-17-25(31)28-22)14-24(18)36(33,34)30-10-4-7-21(16-30)26(32)27-9-12-29-11-8-19-5-2-3-6-20(19)15-29/h2-3,5-6,13-14,21H,4,7-12,15-17H2,1H3,(H,27,32)(H,28,31)/t21-/m1/s1. The van der Waals surface area contributed by atoms with Crippen LogP contribution in [0.4, 0.5) is 5.69 Å². The lowest BCUT2D eigenvalue weighted by Crippen LogP contribution is -2.46. The second kappa shape index (κ2) is 10.2. The van der Waals surface area contributed by atoms with Gasteiger partial charge in [-0.1, -0.05) is 24.3 Å². The number of nitrogens with zero attached hydrogens (tertiary/aromatic N) is 2. The third kappa shape index (κ3) is 5.11. The SMILES string of the molecule is Cc1cc2c(cc1S(=O)(=O)N1CCC[C@@H](C(=O)NCCN3CCc4ccccc4C3)C1)OCC(=O)N2. The van der Waals surface area contributed by atoms with Crippen LogP contribution in [0.5, 0.6) is 5.75 Å². The van der Waals surface area contributed by atoms with Crippen LogP contribution in [0.2, 0.25) is 0 Å². The molecule has 1 atom stereocenters. The van der Waals surface area contributed by atoms with Crippen LogP contribution < -0.4 is 15.4 Å². The van der Waals surface area contributed by atoms with Crippen LogP contribution in [-0.4, -0.2) is 68.8 Å². The molecule has 3 aliphatic rings. The van der Waals surface area contributed by atoms with E-state index < -0.39 is 10.0 Å². The average molecular weight is 513 g/mol. The largest absolute Gasteiger partial charge is 0.482 e. The van der Waals surface area contributed by atoms with Gasteiger partial charge in [-0.3, -0.25) is 14.5 Å². The van der Waals surface area contributed by atoms with Crippen LogP contribution >= 0.6 is 0 Å². The van der Waals surface area contributed by atoms with Gasteiger partial charge in [-0.15, -0.1) is 0 Å². The molecule has 5 rings (SSSR count). The number of piperidine rings is 1. The number of fused-ring (bicyclic) bond motifs is 2. The quantitative estimate of drug-likeness (QED) is 0.612. The number of sulfonamides is 1. The molecule has 3 heterocycles. The second-order valence-corrected chi connectivity index (χ2v) is 11.6. The van der Waals surface area contributed by atoms with Crippen molar-refractivity contribution in [1.29, 1.82) is 0 Å². The average Bonchev–Trinajstić information content (AvgIpc) is 2.88. The van der Waals surface area contributed by atoms with Gasteiger partial charge in [0.15, 0.2) is 6.61 Å². The molecule has 2 N–H and O–H groups in total. The molecule has 2 amide bonds. The lowest BCUT2D eigenvalue weighted by molar-refractivity contribution is -0.126. The first-order chi connectivity index (χ1) is 17.3. The van der Waals surface area contributed by atoms with Crippen LogP contribution in [-0.2, 0) is 32.6 Å². The third-order valence-corrected chi connectivity index (χ3v) is 9.23. The summed E-state index contributed by atoms with van der Waals surface area (Å²) in [6.07, 6.45) is 2.29. The summed E-state index contributed by atoms with van der Waals surface area (Å²) in [5.74, 6) is -0.414. The minimum absolute atomic E-state index is 0.0967. The highest BCUT2D eigenvalue weighted by molar-refractivity contribution is 7.89. The molecule has 0 radical (unpaired) electrons. The molecule has 0 spiro atoms. The Morgan fingerprint density at radius 3 is 2.83 bits per heavy atom. The second-order valence-electron chi connectivity index (χ2n) is 9.74. The van der Waals surface area contributed by atoms with Gasteiger partial charge in [-0.05, 0) is 48.9 Å². The van der Waals surface area contributed by atoms with E-state index in [2.05, 4.69) is 39.8 Å². The molecule has 0 aliphatic carbocycles. The van der Waals surface area contributed by atoms with E-state index in [9.17, 15) is 18.0 Å². The molecule has 192 valence electrons. The summed E-state index contributed by atoms with van der Waals surface area (Å²) in [5, 5.41) is 5.73. The first-order valence-electron chi connectivity index (χ1n) is 12.5. The number of carbonyl (C=O) groups excluding carboxylic acids is 2. The highest BCUT2D eigenvalue weighted by Gasteiger charge is 2.35. The minimum atomic E-state index is -3.82. The Labute approximate surface area is 211 Å². The molecule has 0 saturated carbocycles. The lowest BCUT2D eigenvalue weighted by atomic mass is 9.98. The molecule has 0 aromatic heterocycles. The van der Waals surface area contributed by atoms with E-state index in [0.717, 1.165) is 26.1 Å². The number of hydrogen-bond acceptors (Lipinski definition) is 6. The van der Waals surface area contributed by atoms with Crippen LogP contribution in [0.25, 0.3) is 0 Å². The lowest BCUT2D eigenvalue weighted by Gasteiger charge is -2.32. The van der Waals surface area contributed by atoms with Crippen molar-refractivity contribution in [3.05, 3.63) is 53.1 Å². The molecule has 0 unspecified atom stereocenters. The number of anilines is 1. The molecule has 2 aromatic rings. The van der Waals surface area contributed by atoms with Crippen molar-refractivity contribution in [2.45, 2.75) is 37.6 Å². The Morgan fingerprint density at radius 1 is 1.19 bits per heavy atom. The van der Waals surface area contributed by atoms with Gasteiger partial charge < -0.3 is 15.4 Å². The summed E-state index contributed by atoms with van der Waals surface area (Å²) < 4.78 is 33.8.